The van der Waals surface area contributed by atoms with Crippen molar-refractivity contribution in [3.05, 3.63) is 41.0 Å². The molecule has 1 aromatic carbocycles. The summed E-state index contributed by atoms with van der Waals surface area (Å²) >= 11 is 1.26. The minimum absolute atomic E-state index is 0.00104. The number of thioether (sulfide) groups is 1. The van der Waals surface area contributed by atoms with Crippen LogP contribution in [-0.4, -0.2) is 21.2 Å². The molecular formula is C18H20F3N3OS. The van der Waals surface area contributed by atoms with Crippen LogP contribution in [0.25, 0.3) is 0 Å². The molecule has 1 N–H and O–H groups in total. The number of aromatic nitrogens is 2. The summed E-state index contributed by atoms with van der Waals surface area (Å²) in [6, 6.07) is 2.18. The van der Waals surface area contributed by atoms with E-state index in [-0.39, 0.29) is 11.4 Å². The lowest BCUT2D eigenvalue weighted by atomic mass is 10.2. The van der Waals surface area contributed by atoms with Gasteiger partial charge in [-0.3, -0.25) is 4.79 Å². The van der Waals surface area contributed by atoms with Crippen LogP contribution in [0.4, 0.5) is 18.9 Å². The highest BCUT2D eigenvalue weighted by Gasteiger charge is 2.24. The van der Waals surface area contributed by atoms with Crippen molar-refractivity contribution in [2.24, 2.45) is 0 Å². The van der Waals surface area contributed by atoms with Crippen LogP contribution in [0.1, 0.15) is 43.1 Å². The molecule has 0 unspecified atom stereocenters. The Morgan fingerprint density at radius 1 is 1.23 bits per heavy atom. The third-order valence-electron chi connectivity index (χ3n) is 4.69. The number of carbonyl (C=O) groups is 1. The van der Waals surface area contributed by atoms with Crippen LogP contribution in [0.3, 0.4) is 0 Å². The first-order valence-corrected chi connectivity index (χ1v) is 9.48. The van der Waals surface area contributed by atoms with Crippen molar-refractivity contribution in [1.29, 1.82) is 0 Å². The maximum atomic E-state index is 13.7. The number of halogens is 3. The summed E-state index contributed by atoms with van der Waals surface area (Å²) in [5.41, 5.74) is 1.64. The third kappa shape index (κ3) is 3.75. The van der Waals surface area contributed by atoms with Gasteiger partial charge in [0.25, 0.3) is 0 Å². The fourth-order valence-corrected chi connectivity index (χ4v) is 4.19. The molecule has 0 spiro atoms. The quantitative estimate of drug-likeness (QED) is 0.598. The second-order valence-corrected chi connectivity index (χ2v) is 7.38. The molecule has 26 heavy (non-hydrogen) atoms. The maximum Gasteiger partial charge on any atom is 0.234 e. The van der Waals surface area contributed by atoms with Crippen LogP contribution >= 0.6 is 11.8 Å². The van der Waals surface area contributed by atoms with E-state index in [4.69, 9.17) is 0 Å². The Bertz CT molecular complexity index is 832. The molecule has 140 valence electrons. The van der Waals surface area contributed by atoms with E-state index in [0.29, 0.717) is 6.04 Å². The monoisotopic (exact) mass is 383 g/mol. The van der Waals surface area contributed by atoms with Gasteiger partial charge in [-0.25, -0.2) is 18.2 Å². The number of nitrogens with zero attached hydrogens (tertiary/aromatic N) is 2. The Hall–Kier alpha value is -1.96. The zero-order chi connectivity index (χ0) is 18.8. The van der Waals surface area contributed by atoms with Gasteiger partial charge in [-0.2, -0.15) is 0 Å². The highest BCUT2D eigenvalue weighted by Crippen LogP contribution is 2.35. The number of carbonyl (C=O) groups excluding carboxylic acids is 1. The Morgan fingerprint density at radius 2 is 1.92 bits per heavy atom. The number of aryl methyl sites for hydroxylation is 1. The summed E-state index contributed by atoms with van der Waals surface area (Å²) in [6.45, 7) is 3.95. The van der Waals surface area contributed by atoms with Gasteiger partial charge < -0.3 is 9.88 Å². The normalized spacial score (nSPS) is 14.8. The predicted molar refractivity (Wildman–Crippen MR) is 94.9 cm³/mol. The van der Waals surface area contributed by atoms with Crippen LogP contribution in [-0.2, 0) is 4.79 Å². The third-order valence-corrected chi connectivity index (χ3v) is 5.64. The standard InChI is InChI=1S/C18H20F3N3OS/c1-10-11(2)24(12-5-3-4-6-12)18(22-10)26-9-15(25)23-14-8-7-13(19)16(20)17(14)21/h7-8,12H,3-6,9H2,1-2H3,(H,23,25). The number of benzene rings is 1. The smallest absolute Gasteiger partial charge is 0.234 e. The minimum Gasteiger partial charge on any atom is -0.323 e. The first-order chi connectivity index (χ1) is 12.4. The molecule has 1 fully saturated rings. The number of hydrogen-bond donors (Lipinski definition) is 1. The van der Waals surface area contributed by atoms with Crippen molar-refractivity contribution in [2.45, 2.75) is 50.7 Å². The zero-order valence-electron chi connectivity index (χ0n) is 14.6. The molecule has 8 heteroatoms. The first kappa shape index (κ1) is 18.8. The van der Waals surface area contributed by atoms with E-state index in [1.54, 1.807) is 0 Å². The van der Waals surface area contributed by atoms with Gasteiger partial charge in [-0.15, -0.1) is 0 Å². The molecule has 1 amide bonds. The first-order valence-electron chi connectivity index (χ1n) is 8.50. The average Bonchev–Trinajstić information content (AvgIpc) is 3.22. The molecule has 0 radical (unpaired) electrons. The van der Waals surface area contributed by atoms with Gasteiger partial charge in [0.1, 0.15) is 0 Å². The minimum atomic E-state index is -1.60. The summed E-state index contributed by atoms with van der Waals surface area (Å²) in [4.78, 5) is 16.6. The Balaban J connectivity index is 1.69. The van der Waals surface area contributed by atoms with Gasteiger partial charge in [0, 0.05) is 11.7 Å². The fraction of sp³-hybridized carbons (Fsp3) is 0.444. The molecule has 1 aromatic heterocycles. The Morgan fingerprint density at radius 3 is 2.62 bits per heavy atom. The fourth-order valence-electron chi connectivity index (χ4n) is 3.23. The predicted octanol–water partition coefficient (Wildman–Crippen LogP) is 4.76. The molecule has 0 atom stereocenters. The second kappa shape index (κ2) is 7.73. The molecule has 0 aliphatic heterocycles. The lowest BCUT2D eigenvalue weighted by Gasteiger charge is -2.17. The van der Waals surface area contributed by atoms with Crippen molar-refractivity contribution in [3.63, 3.8) is 0 Å². The summed E-state index contributed by atoms with van der Waals surface area (Å²) < 4.78 is 42.0. The van der Waals surface area contributed by atoms with E-state index in [2.05, 4.69) is 14.9 Å². The molecule has 1 heterocycles. The molecular weight excluding hydrogens is 363 g/mol. The molecule has 3 rings (SSSR count). The highest BCUT2D eigenvalue weighted by atomic mass is 32.2. The SMILES string of the molecule is Cc1nc(SCC(=O)Nc2ccc(F)c(F)c2F)n(C2CCCC2)c1C. The molecule has 1 aliphatic rings. The largest absolute Gasteiger partial charge is 0.323 e. The van der Waals surface area contributed by atoms with Gasteiger partial charge >= 0.3 is 0 Å². The topological polar surface area (TPSA) is 46.9 Å². The van der Waals surface area contributed by atoms with E-state index in [0.717, 1.165) is 41.5 Å². The van der Waals surface area contributed by atoms with E-state index in [1.165, 1.54) is 24.6 Å². The molecule has 4 nitrogen and oxygen atoms in total. The Labute approximate surface area is 154 Å². The number of rotatable bonds is 5. The van der Waals surface area contributed by atoms with Crippen LogP contribution in [0, 0.1) is 31.3 Å². The summed E-state index contributed by atoms with van der Waals surface area (Å²) in [6.07, 6.45) is 4.55. The summed E-state index contributed by atoms with van der Waals surface area (Å²) in [7, 11) is 0. The summed E-state index contributed by atoms with van der Waals surface area (Å²) in [5, 5.41) is 3.04. The number of nitrogens with one attached hydrogen (secondary N) is 1. The van der Waals surface area contributed by atoms with Crippen LogP contribution in [0.15, 0.2) is 17.3 Å². The molecule has 0 saturated heterocycles. The van der Waals surface area contributed by atoms with Crippen molar-refractivity contribution < 1.29 is 18.0 Å². The van der Waals surface area contributed by atoms with Gasteiger partial charge in [-0.1, -0.05) is 24.6 Å². The van der Waals surface area contributed by atoms with Gasteiger partial charge in [0.15, 0.2) is 22.6 Å². The van der Waals surface area contributed by atoms with E-state index in [1.807, 2.05) is 13.8 Å². The van der Waals surface area contributed by atoms with Gasteiger partial charge in [0.05, 0.1) is 17.1 Å². The molecule has 1 aliphatic carbocycles. The molecule has 2 aromatic rings. The number of amides is 1. The number of imidazole rings is 1. The van der Waals surface area contributed by atoms with Crippen molar-refractivity contribution in [2.75, 3.05) is 11.1 Å². The lowest BCUT2D eigenvalue weighted by Crippen LogP contribution is -2.17. The van der Waals surface area contributed by atoms with Crippen LogP contribution in [0.5, 0.6) is 0 Å². The molecule has 1 saturated carbocycles. The molecule has 0 bridgehead atoms. The lowest BCUT2D eigenvalue weighted by molar-refractivity contribution is -0.113. The van der Waals surface area contributed by atoms with E-state index >= 15 is 0 Å². The second-order valence-electron chi connectivity index (χ2n) is 6.43. The maximum absolute atomic E-state index is 13.7. The van der Waals surface area contributed by atoms with Gasteiger partial charge in [-0.05, 0) is 38.8 Å². The van der Waals surface area contributed by atoms with Crippen LogP contribution < -0.4 is 5.32 Å². The Kier molecular flexibility index (Phi) is 5.60. The summed E-state index contributed by atoms with van der Waals surface area (Å²) in [5.74, 6) is -4.79. The van der Waals surface area contributed by atoms with E-state index < -0.39 is 23.4 Å². The number of hydrogen-bond acceptors (Lipinski definition) is 3. The van der Waals surface area contributed by atoms with Crippen molar-refractivity contribution >= 4 is 23.4 Å². The average molecular weight is 383 g/mol. The van der Waals surface area contributed by atoms with Gasteiger partial charge in [0.2, 0.25) is 5.91 Å². The van der Waals surface area contributed by atoms with E-state index in [9.17, 15) is 18.0 Å². The zero-order valence-corrected chi connectivity index (χ0v) is 15.4. The highest BCUT2D eigenvalue weighted by molar-refractivity contribution is 7.99. The number of anilines is 1. The van der Waals surface area contributed by atoms with Crippen LogP contribution in [0.2, 0.25) is 0 Å². The van der Waals surface area contributed by atoms with Crippen molar-refractivity contribution in [3.8, 4) is 0 Å². The van der Waals surface area contributed by atoms with Crippen molar-refractivity contribution in [1.82, 2.24) is 9.55 Å².